The molecule has 1 aliphatic carbocycles. The van der Waals surface area contributed by atoms with Gasteiger partial charge in [0.05, 0.1) is 34.9 Å². The number of carbonyl (C=O) groups is 1. The molecule has 8 nitrogen and oxygen atoms in total. The molecule has 1 aliphatic rings. The number of rotatable bonds is 11. The lowest BCUT2D eigenvalue weighted by Crippen LogP contribution is -2.25. The molecule has 0 radical (unpaired) electrons. The van der Waals surface area contributed by atoms with Gasteiger partial charge >= 0.3 is 0 Å². The predicted octanol–water partition coefficient (Wildman–Crippen LogP) is 7.46. The molecule has 0 aromatic heterocycles. The molecule has 1 fully saturated rings. The van der Waals surface area contributed by atoms with Crippen molar-refractivity contribution in [2.24, 2.45) is 15.9 Å². The average molecular weight is 626 g/mol. The Morgan fingerprint density at radius 2 is 1.95 bits per heavy atom. The van der Waals surface area contributed by atoms with Crippen LogP contribution in [0.3, 0.4) is 0 Å². The van der Waals surface area contributed by atoms with Crippen LogP contribution in [0.4, 0.5) is 21.5 Å². The van der Waals surface area contributed by atoms with Crippen LogP contribution in [0.15, 0.2) is 57.2 Å². The summed E-state index contributed by atoms with van der Waals surface area (Å²) in [5.74, 6) is -0.741. The van der Waals surface area contributed by atoms with E-state index < -0.39 is 11.7 Å². The highest BCUT2D eigenvalue weighted by atomic mass is 79.9. The number of amides is 1. The van der Waals surface area contributed by atoms with Gasteiger partial charge in [-0.05, 0) is 55.8 Å². The third kappa shape index (κ3) is 13.6. The van der Waals surface area contributed by atoms with E-state index in [1.807, 2.05) is 7.05 Å². The van der Waals surface area contributed by atoms with Crippen LogP contribution in [0.2, 0.25) is 5.02 Å². The van der Waals surface area contributed by atoms with Gasteiger partial charge in [-0.2, -0.15) is 0 Å². The van der Waals surface area contributed by atoms with Crippen LogP contribution in [0, 0.1) is 11.7 Å². The predicted molar refractivity (Wildman–Crippen MR) is 165 cm³/mol. The second kappa shape index (κ2) is 19.2. The van der Waals surface area contributed by atoms with Crippen molar-refractivity contribution in [3.8, 4) is 0 Å². The van der Waals surface area contributed by atoms with Gasteiger partial charge in [-0.25, -0.2) is 14.9 Å². The van der Waals surface area contributed by atoms with E-state index in [1.54, 1.807) is 49.6 Å². The van der Waals surface area contributed by atoms with Gasteiger partial charge in [-0.15, -0.1) is 0 Å². The summed E-state index contributed by atoms with van der Waals surface area (Å²) in [6, 6.07) is 8.07. The van der Waals surface area contributed by atoms with Gasteiger partial charge in [0.25, 0.3) is 5.91 Å². The van der Waals surface area contributed by atoms with Gasteiger partial charge in [0.15, 0.2) is 5.82 Å². The maximum absolute atomic E-state index is 15.2. The van der Waals surface area contributed by atoms with Crippen LogP contribution in [0.1, 0.15) is 49.9 Å². The van der Waals surface area contributed by atoms with Gasteiger partial charge in [0, 0.05) is 38.0 Å². The minimum Gasteiger partial charge on any atom is -0.393 e. The summed E-state index contributed by atoms with van der Waals surface area (Å²) in [5.41, 5.74) is 2.98. The number of halogens is 3. The molecule has 3 rings (SSSR count). The molecule has 0 aliphatic heterocycles. The van der Waals surface area contributed by atoms with Crippen molar-refractivity contribution in [1.82, 2.24) is 15.7 Å². The molecule has 1 saturated carbocycles. The molecule has 0 bridgehead atoms. The van der Waals surface area contributed by atoms with Crippen molar-refractivity contribution in [3.63, 3.8) is 0 Å². The molecule has 214 valence electrons. The number of benzene rings is 2. The smallest absolute Gasteiger partial charge is 0.277 e. The summed E-state index contributed by atoms with van der Waals surface area (Å²) in [6.07, 6.45) is 9.59. The van der Waals surface area contributed by atoms with Crippen LogP contribution in [0.25, 0.3) is 0 Å². The molecule has 2 aromatic rings. The van der Waals surface area contributed by atoms with Crippen molar-refractivity contribution >= 4 is 63.6 Å². The molecule has 0 heterocycles. The van der Waals surface area contributed by atoms with E-state index in [0.29, 0.717) is 23.2 Å². The molecular formula is C28H39BrClFN6O2. The zero-order valence-corrected chi connectivity index (χ0v) is 25.6. The van der Waals surface area contributed by atoms with Crippen LogP contribution in [0.5, 0.6) is 0 Å². The molecule has 0 saturated heterocycles. The summed E-state index contributed by atoms with van der Waals surface area (Å²) in [5, 5.41) is 6.05. The SMILES string of the molecule is C=N/C=C\NC.CCCC.CN(C)C=Nc1ccc(C(=O)NOCC2CC2)c(Nc2ccc(Br)cc2Cl)c1F. The number of hydroxylamine groups is 1. The number of unbranched alkanes of at least 4 members (excludes halogenated alkanes) is 1. The molecule has 39 heavy (non-hydrogen) atoms. The number of nitrogens with zero attached hydrogens (tertiary/aromatic N) is 3. The maximum Gasteiger partial charge on any atom is 0.277 e. The summed E-state index contributed by atoms with van der Waals surface area (Å²) < 4.78 is 16.0. The Morgan fingerprint density at radius 3 is 2.46 bits per heavy atom. The van der Waals surface area contributed by atoms with Gasteiger partial charge in [0.2, 0.25) is 0 Å². The highest BCUT2D eigenvalue weighted by Gasteiger charge is 2.23. The van der Waals surface area contributed by atoms with E-state index in [2.05, 4.69) is 62.6 Å². The number of nitrogens with one attached hydrogen (secondary N) is 3. The zero-order chi connectivity index (χ0) is 29.2. The Bertz CT molecular complexity index is 1110. The minimum absolute atomic E-state index is 0.0323. The fourth-order valence-electron chi connectivity index (χ4n) is 2.57. The van der Waals surface area contributed by atoms with Crippen LogP contribution < -0.4 is 16.1 Å². The molecular weight excluding hydrogens is 587 g/mol. The number of hydrogen-bond donors (Lipinski definition) is 3. The van der Waals surface area contributed by atoms with Gasteiger partial charge in [0.1, 0.15) is 5.69 Å². The topological polar surface area (TPSA) is 90.4 Å². The quantitative estimate of drug-likeness (QED) is 0.137. The summed E-state index contributed by atoms with van der Waals surface area (Å²) in [7, 11) is 5.37. The second-order valence-corrected chi connectivity index (χ2v) is 10.1. The highest BCUT2D eigenvalue weighted by Crippen LogP contribution is 2.35. The fourth-order valence-corrected chi connectivity index (χ4v) is 3.29. The molecule has 0 spiro atoms. The first-order valence-corrected chi connectivity index (χ1v) is 13.8. The minimum atomic E-state index is -0.670. The average Bonchev–Trinajstić information content (AvgIpc) is 3.74. The lowest BCUT2D eigenvalue weighted by Gasteiger charge is -2.16. The Hall–Kier alpha value is -2.95. The molecule has 11 heteroatoms. The lowest BCUT2D eigenvalue weighted by atomic mass is 10.1. The Balaban J connectivity index is 0.000000651. The number of anilines is 2. The van der Waals surface area contributed by atoms with E-state index in [0.717, 1.165) is 17.3 Å². The lowest BCUT2D eigenvalue weighted by molar-refractivity contribution is 0.0271. The monoisotopic (exact) mass is 624 g/mol. The van der Waals surface area contributed by atoms with E-state index in [4.69, 9.17) is 16.4 Å². The molecule has 0 atom stereocenters. The Morgan fingerprint density at radius 1 is 1.26 bits per heavy atom. The largest absolute Gasteiger partial charge is 0.393 e. The Labute approximate surface area is 244 Å². The molecule has 1 amide bonds. The molecule has 2 aromatic carbocycles. The highest BCUT2D eigenvalue weighted by molar-refractivity contribution is 9.10. The standard InChI is InChI=1S/C20H21BrClFN4O2.C4H8N2.C4H10/c1-27(2)11-24-17-8-6-14(20(28)26-29-10-12-3-4-12)19(18(17)23)25-16-7-5-13(21)9-15(16)22;1-5-3-4-6-2;1-3-4-2/h5-9,11-12,25H,3-4,10H2,1-2H3,(H,26,28);3-4,6H,1H2,2H3;3-4H2,1-2H3/b;4-3-;. The van der Waals surface area contributed by atoms with Gasteiger partial charge in [-0.1, -0.05) is 54.2 Å². The van der Waals surface area contributed by atoms with E-state index >= 15 is 4.39 Å². The van der Waals surface area contributed by atoms with Gasteiger partial charge < -0.3 is 15.5 Å². The first kappa shape index (κ1) is 34.1. The van der Waals surface area contributed by atoms with Crippen molar-refractivity contribution in [1.29, 1.82) is 0 Å². The van der Waals surface area contributed by atoms with E-state index in [-0.39, 0.29) is 16.9 Å². The zero-order valence-electron chi connectivity index (χ0n) is 23.2. The third-order valence-corrected chi connectivity index (χ3v) is 5.82. The van der Waals surface area contributed by atoms with Crippen molar-refractivity contribution in [2.45, 2.75) is 39.5 Å². The first-order valence-electron chi connectivity index (χ1n) is 12.6. The summed E-state index contributed by atoms with van der Waals surface area (Å²) in [4.78, 5) is 27.1. The van der Waals surface area contributed by atoms with Crippen LogP contribution >= 0.6 is 27.5 Å². The van der Waals surface area contributed by atoms with Gasteiger partial charge in [-0.3, -0.25) is 14.6 Å². The summed E-state index contributed by atoms with van der Waals surface area (Å²) >= 11 is 9.59. The molecule has 3 N–H and O–H groups in total. The maximum atomic E-state index is 15.2. The number of aliphatic imine (C=N–C) groups is 2. The third-order valence-electron chi connectivity index (χ3n) is 5.01. The van der Waals surface area contributed by atoms with E-state index in [9.17, 15) is 4.79 Å². The van der Waals surface area contributed by atoms with Crippen molar-refractivity contribution in [2.75, 3.05) is 33.1 Å². The number of carbonyl (C=O) groups excluding carboxylic acids is 1. The van der Waals surface area contributed by atoms with Crippen LogP contribution in [-0.2, 0) is 4.84 Å². The van der Waals surface area contributed by atoms with Crippen LogP contribution in [-0.4, -0.2) is 51.6 Å². The summed E-state index contributed by atoms with van der Waals surface area (Å²) in [6.45, 7) is 8.03. The Kier molecular flexibility index (Phi) is 16.7. The second-order valence-electron chi connectivity index (χ2n) is 8.75. The fraction of sp³-hybridized carbons (Fsp3) is 0.393. The molecule has 0 unspecified atom stereocenters. The van der Waals surface area contributed by atoms with E-state index in [1.165, 1.54) is 31.3 Å². The first-order chi connectivity index (χ1) is 18.7. The number of hydrogen-bond acceptors (Lipinski definition) is 6. The normalized spacial score (nSPS) is 12.2. The van der Waals surface area contributed by atoms with Crippen molar-refractivity contribution in [3.05, 3.63) is 63.6 Å². The van der Waals surface area contributed by atoms with Crippen molar-refractivity contribution < 1.29 is 14.0 Å².